The van der Waals surface area contributed by atoms with Gasteiger partial charge in [0.15, 0.2) is 5.82 Å². The number of thiophene rings is 1. The number of likely N-dealkylation sites (N-methyl/N-ethyl adjacent to an activating group) is 1. The van der Waals surface area contributed by atoms with E-state index in [0.717, 1.165) is 12.1 Å². The molecule has 132 valence electrons. The van der Waals surface area contributed by atoms with Gasteiger partial charge in [-0.15, -0.1) is 22.7 Å². The Labute approximate surface area is 153 Å². The second-order valence-corrected chi connectivity index (χ2v) is 7.52. The molecule has 0 spiro atoms. The van der Waals surface area contributed by atoms with Gasteiger partial charge in [0.1, 0.15) is 0 Å². The van der Waals surface area contributed by atoms with Crippen molar-refractivity contribution in [3.05, 3.63) is 50.2 Å². The van der Waals surface area contributed by atoms with Crippen LogP contribution in [-0.4, -0.2) is 39.6 Å². The first-order valence-corrected chi connectivity index (χ1v) is 9.59. The molecule has 0 unspecified atom stereocenters. The first-order valence-electron chi connectivity index (χ1n) is 7.83. The molecule has 0 aliphatic rings. The Hall–Kier alpha value is -2.26. The Morgan fingerprint density at radius 1 is 1.40 bits per heavy atom. The van der Waals surface area contributed by atoms with Crippen molar-refractivity contribution in [3.63, 3.8) is 0 Å². The minimum atomic E-state index is -0.167. The summed E-state index contributed by atoms with van der Waals surface area (Å²) in [4.78, 5) is 24.7. The van der Waals surface area contributed by atoms with Crippen molar-refractivity contribution in [1.29, 1.82) is 0 Å². The molecule has 3 aromatic heterocycles. The van der Waals surface area contributed by atoms with Crippen LogP contribution in [-0.2, 0) is 19.4 Å². The van der Waals surface area contributed by atoms with Crippen molar-refractivity contribution in [2.75, 3.05) is 13.6 Å². The monoisotopic (exact) mass is 377 g/mol. The summed E-state index contributed by atoms with van der Waals surface area (Å²) in [5.74, 6) is 1.03. The van der Waals surface area contributed by atoms with E-state index in [1.54, 1.807) is 34.6 Å². The van der Waals surface area contributed by atoms with Gasteiger partial charge in [0.2, 0.25) is 5.89 Å². The standard InChI is InChI=1S/C16H19N5O2S2/c1-11-13(25-10-18-11)5-6-21(2)16(22)17-9-15-19-14(20-23-15)8-12-4-3-7-24-12/h3-4,7,10H,5-6,8-9H2,1-2H3,(H,17,22). The zero-order valence-corrected chi connectivity index (χ0v) is 15.7. The molecule has 0 radical (unpaired) electrons. The van der Waals surface area contributed by atoms with Crippen LogP contribution < -0.4 is 5.32 Å². The van der Waals surface area contributed by atoms with E-state index in [9.17, 15) is 4.79 Å². The molecule has 1 N–H and O–H groups in total. The number of thiazole rings is 1. The van der Waals surface area contributed by atoms with E-state index in [-0.39, 0.29) is 12.6 Å². The van der Waals surface area contributed by atoms with Gasteiger partial charge in [-0.1, -0.05) is 11.2 Å². The molecule has 3 rings (SSSR count). The highest BCUT2D eigenvalue weighted by atomic mass is 32.1. The number of carbonyl (C=O) groups excluding carboxylic acids is 1. The highest BCUT2D eigenvalue weighted by Gasteiger charge is 2.13. The topological polar surface area (TPSA) is 84.2 Å². The second-order valence-electron chi connectivity index (χ2n) is 5.55. The number of urea groups is 1. The van der Waals surface area contributed by atoms with E-state index in [0.29, 0.717) is 24.7 Å². The van der Waals surface area contributed by atoms with Crippen molar-refractivity contribution in [1.82, 2.24) is 25.3 Å². The Balaban J connectivity index is 1.43. The van der Waals surface area contributed by atoms with Crippen molar-refractivity contribution in [2.45, 2.75) is 26.3 Å². The predicted octanol–water partition coefficient (Wildman–Crippen LogP) is 2.87. The van der Waals surface area contributed by atoms with Crippen LogP contribution in [0.25, 0.3) is 0 Å². The van der Waals surface area contributed by atoms with Crippen LogP contribution in [0.4, 0.5) is 4.79 Å². The van der Waals surface area contributed by atoms with Crippen LogP contribution in [0.5, 0.6) is 0 Å². The summed E-state index contributed by atoms with van der Waals surface area (Å²) < 4.78 is 5.18. The lowest BCUT2D eigenvalue weighted by molar-refractivity contribution is 0.207. The SMILES string of the molecule is Cc1ncsc1CCN(C)C(=O)NCc1nc(Cc2cccs2)no1. The molecule has 0 aliphatic heterocycles. The van der Waals surface area contributed by atoms with Crippen molar-refractivity contribution in [2.24, 2.45) is 0 Å². The van der Waals surface area contributed by atoms with E-state index in [2.05, 4.69) is 20.4 Å². The van der Waals surface area contributed by atoms with Gasteiger partial charge in [-0.2, -0.15) is 4.98 Å². The largest absolute Gasteiger partial charge is 0.337 e. The maximum absolute atomic E-state index is 12.1. The van der Waals surface area contributed by atoms with Gasteiger partial charge in [-0.25, -0.2) is 9.78 Å². The van der Waals surface area contributed by atoms with Gasteiger partial charge in [0.25, 0.3) is 0 Å². The van der Waals surface area contributed by atoms with E-state index in [1.807, 2.05) is 29.9 Å². The number of hydrogen-bond donors (Lipinski definition) is 1. The Kier molecular flexibility index (Phi) is 5.77. The minimum Gasteiger partial charge on any atom is -0.337 e. The highest BCUT2D eigenvalue weighted by Crippen LogP contribution is 2.14. The minimum absolute atomic E-state index is 0.167. The smallest absolute Gasteiger partial charge is 0.317 e. The van der Waals surface area contributed by atoms with E-state index in [1.165, 1.54) is 9.75 Å². The molecule has 0 aliphatic carbocycles. The second kappa shape index (κ2) is 8.21. The first-order chi connectivity index (χ1) is 12.1. The summed E-state index contributed by atoms with van der Waals surface area (Å²) >= 11 is 3.27. The Morgan fingerprint density at radius 3 is 3.00 bits per heavy atom. The van der Waals surface area contributed by atoms with Gasteiger partial charge < -0.3 is 14.7 Å². The normalized spacial score (nSPS) is 10.8. The quantitative estimate of drug-likeness (QED) is 0.684. The maximum Gasteiger partial charge on any atom is 0.317 e. The van der Waals surface area contributed by atoms with E-state index in [4.69, 9.17) is 4.52 Å². The molecule has 0 bridgehead atoms. The number of hydrogen-bond acceptors (Lipinski definition) is 7. The zero-order chi connectivity index (χ0) is 17.6. The maximum atomic E-state index is 12.1. The van der Waals surface area contributed by atoms with Crippen molar-refractivity contribution in [3.8, 4) is 0 Å². The number of aromatic nitrogens is 3. The van der Waals surface area contributed by atoms with Crippen molar-refractivity contribution < 1.29 is 9.32 Å². The van der Waals surface area contributed by atoms with Crippen LogP contribution in [0.1, 0.15) is 27.2 Å². The fourth-order valence-electron chi connectivity index (χ4n) is 2.23. The highest BCUT2D eigenvalue weighted by molar-refractivity contribution is 7.10. The number of aryl methyl sites for hydroxylation is 1. The molecule has 7 nitrogen and oxygen atoms in total. The lowest BCUT2D eigenvalue weighted by atomic mass is 10.3. The third kappa shape index (κ3) is 4.86. The molecule has 0 fully saturated rings. The third-order valence-corrected chi connectivity index (χ3v) is 5.55. The van der Waals surface area contributed by atoms with Gasteiger partial charge in [0, 0.05) is 36.2 Å². The molecule has 9 heteroatoms. The molecular formula is C16H19N5O2S2. The number of amides is 2. The summed E-state index contributed by atoms with van der Waals surface area (Å²) in [6, 6.07) is 3.85. The summed E-state index contributed by atoms with van der Waals surface area (Å²) in [6.45, 7) is 2.83. The molecule has 0 saturated carbocycles. The summed E-state index contributed by atoms with van der Waals surface area (Å²) in [5.41, 5.74) is 2.86. The van der Waals surface area contributed by atoms with Crippen LogP contribution >= 0.6 is 22.7 Å². The lowest BCUT2D eigenvalue weighted by Crippen LogP contribution is -2.38. The third-order valence-electron chi connectivity index (χ3n) is 3.68. The van der Waals surface area contributed by atoms with Crippen LogP contribution in [0.15, 0.2) is 27.5 Å². The fraction of sp³-hybridized carbons (Fsp3) is 0.375. The first kappa shape index (κ1) is 17.6. The molecule has 0 saturated heterocycles. The molecular weight excluding hydrogens is 358 g/mol. The Bertz CT molecular complexity index is 812. The van der Waals surface area contributed by atoms with Gasteiger partial charge in [-0.3, -0.25) is 0 Å². The zero-order valence-electron chi connectivity index (χ0n) is 14.1. The number of nitrogens with one attached hydrogen (secondary N) is 1. The molecule has 0 aromatic carbocycles. The van der Waals surface area contributed by atoms with Gasteiger partial charge in [-0.05, 0) is 18.4 Å². The number of nitrogens with zero attached hydrogens (tertiary/aromatic N) is 4. The predicted molar refractivity (Wildman–Crippen MR) is 96.8 cm³/mol. The van der Waals surface area contributed by atoms with Crippen LogP contribution in [0.3, 0.4) is 0 Å². The van der Waals surface area contributed by atoms with Crippen LogP contribution in [0.2, 0.25) is 0 Å². The molecule has 2 amide bonds. The van der Waals surface area contributed by atoms with E-state index >= 15 is 0 Å². The summed E-state index contributed by atoms with van der Waals surface area (Å²) in [6.07, 6.45) is 1.44. The van der Waals surface area contributed by atoms with Gasteiger partial charge in [0.05, 0.1) is 17.7 Å². The molecule has 25 heavy (non-hydrogen) atoms. The fourth-order valence-corrected chi connectivity index (χ4v) is 3.70. The lowest BCUT2D eigenvalue weighted by Gasteiger charge is -2.16. The van der Waals surface area contributed by atoms with E-state index < -0.39 is 0 Å². The van der Waals surface area contributed by atoms with Crippen LogP contribution in [0, 0.1) is 6.92 Å². The molecule has 0 atom stereocenters. The molecule has 3 heterocycles. The average molecular weight is 377 g/mol. The summed E-state index contributed by atoms with van der Waals surface area (Å²) in [7, 11) is 1.77. The number of rotatable bonds is 7. The van der Waals surface area contributed by atoms with Gasteiger partial charge >= 0.3 is 6.03 Å². The molecule has 3 aromatic rings. The summed E-state index contributed by atoms with van der Waals surface area (Å²) in [5, 5.41) is 8.75. The number of carbonyl (C=O) groups is 1. The average Bonchev–Trinajstić information content (AvgIpc) is 3.34. The van der Waals surface area contributed by atoms with Crippen molar-refractivity contribution >= 4 is 28.7 Å². The Morgan fingerprint density at radius 2 is 2.28 bits per heavy atom.